The molecule has 0 aromatic heterocycles. The quantitative estimate of drug-likeness (QED) is 0.0408. The summed E-state index contributed by atoms with van der Waals surface area (Å²) in [5.74, 6) is 0.151. The van der Waals surface area contributed by atoms with Gasteiger partial charge in [0, 0.05) is 48.6 Å². The van der Waals surface area contributed by atoms with E-state index in [1.165, 1.54) is 4.90 Å². The summed E-state index contributed by atoms with van der Waals surface area (Å²) in [4.78, 5) is 35.8. The lowest BCUT2D eigenvalue weighted by molar-refractivity contribution is -0.138. The fourth-order valence-corrected chi connectivity index (χ4v) is 5.38. The van der Waals surface area contributed by atoms with Gasteiger partial charge < -0.3 is 19.3 Å². The Balaban J connectivity index is 2.51. The van der Waals surface area contributed by atoms with Gasteiger partial charge in [-0.15, -0.1) is 0 Å². The molecule has 1 aliphatic heterocycles. The molecule has 9 nitrogen and oxygen atoms in total. The molecule has 1 aromatic carbocycles. The van der Waals surface area contributed by atoms with E-state index in [1.807, 2.05) is 12.1 Å². The second-order valence-corrected chi connectivity index (χ2v) is 11.8. The number of allylic oxidation sites excluding steroid dienone is 1. The van der Waals surface area contributed by atoms with Gasteiger partial charge in [0.25, 0.3) is 5.70 Å². The largest absolute Gasteiger partial charge is 0.493 e. The van der Waals surface area contributed by atoms with Crippen LogP contribution in [0.2, 0.25) is 0 Å². The number of nitriles is 1. The van der Waals surface area contributed by atoms with Crippen LogP contribution in [0.3, 0.4) is 0 Å². The molecule has 1 heterocycles. The van der Waals surface area contributed by atoms with Crippen molar-refractivity contribution < 1.29 is 19.1 Å². The zero-order chi connectivity index (χ0) is 35.3. The fourth-order valence-electron chi connectivity index (χ4n) is 5.38. The normalized spacial score (nSPS) is 14.4. The van der Waals surface area contributed by atoms with Crippen LogP contribution in [0.15, 0.2) is 59.6 Å². The molecule has 2 rings (SSSR count). The molecule has 0 fully saturated rings. The van der Waals surface area contributed by atoms with E-state index in [2.05, 4.69) is 61.0 Å². The molecule has 1 atom stereocenters. The number of amides is 1. The lowest BCUT2D eigenvalue weighted by Gasteiger charge is -2.26. The minimum atomic E-state index is -0.533. The van der Waals surface area contributed by atoms with Gasteiger partial charge >= 0.3 is 5.97 Å². The Morgan fingerprint density at radius 2 is 1.77 bits per heavy atom. The molecular formula is C39H51N5O4. The van der Waals surface area contributed by atoms with Crippen LogP contribution in [0.5, 0.6) is 5.75 Å². The van der Waals surface area contributed by atoms with Crippen molar-refractivity contribution in [1.29, 1.82) is 5.26 Å². The van der Waals surface area contributed by atoms with Gasteiger partial charge in [0.2, 0.25) is 11.6 Å². The van der Waals surface area contributed by atoms with E-state index in [-0.39, 0.29) is 35.8 Å². The van der Waals surface area contributed by atoms with Gasteiger partial charge in [0.15, 0.2) is 0 Å². The second kappa shape index (κ2) is 21.9. The van der Waals surface area contributed by atoms with Gasteiger partial charge in [-0.05, 0) is 50.2 Å². The number of carbonyl (C=O) groups excluding carboxylic acids is 2. The summed E-state index contributed by atoms with van der Waals surface area (Å²) in [6.45, 7) is 30.4. The topological polar surface area (TPSA) is 91.6 Å². The number of nitrogens with zero attached hydrogens (tertiary/aromatic N) is 5. The van der Waals surface area contributed by atoms with E-state index < -0.39 is 11.9 Å². The molecule has 0 saturated heterocycles. The Labute approximate surface area is 287 Å². The summed E-state index contributed by atoms with van der Waals surface area (Å²) in [6.07, 6.45) is 14.1. The Kier molecular flexibility index (Phi) is 18.0. The molecule has 0 saturated carbocycles. The van der Waals surface area contributed by atoms with E-state index in [4.69, 9.17) is 22.6 Å². The number of anilines is 1. The lowest BCUT2D eigenvalue weighted by Crippen LogP contribution is -2.27. The predicted molar refractivity (Wildman–Crippen MR) is 191 cm³/mol. The van der Waals surface area contributed by atoms with Gasteiger partial charge in [-0.25, -0.2) is 19.7 Å². The maximum Gasteiger partial charge on any atom is 0.330 e. The molecular weight excluding hydrogens is 602 g/mol. The number of esters is 1. The molecule has 1 aromatic rings. The van der Waals surface area contributed by atoms with Crippen molar-refractivity contribution in [3.05, 3.63) is 88.0 Å². The van der Waals surface area contributed by atoms with Crippen molar-refractivity contribution in [3.63, 3.8) is 0 Å². The standard InChI is InChI=1S/C39H51N5O4/c1-8-13-18-30(11-4)29-48-35-27-32(43(23-14-9-2)24-15-10-3)21-19-31(35)20-22-33-37(42-7)38(34(28-40)41-6)44(39(33)46)25-16-17-26-47-36(45)12-5/h12,19-22,27,30H,5,8-11,13-18,23-26,29H2,1-4H3/b22-20+,38-34+. The first-order valence-corrected chi connectivity index (χ1v) is 17.3. The SMILES string of the molecule is [C-]#[N+]C1=C(/C=C/c2ccc(N(CCCC)CCCC)cc2OCC(CC)CCCC)C(=O)N(CCCCOC(=O)C=C)/C1=C(\C#N)[N+]#[C-]. The molecule has 0 radical (unpaired) electrons. The van der Waals surface area contributed by atoms with Crippen molar-refractivity contribution in [2.24, 2.45) is 5.92 Å². The van der Waals surface area contributed by atoms with Crippen LogP contribution in [-0.2, 0) is 14.3 Å². The van der Waals surface area contributed by atoms with Gasteiger partial charge in [-0.1, -0.05) is 78.5 Å². The first-order chi connectivity index (χ1) is 23.3. The van der Waals surface area contributed by atoms with E-state index in [0.29, 0.717) is 31.1 Å². The van der Waals surface area contributed by atoms with Gasteiger partial charge in [-0.2, -0.15) is 0 Å². The highest BCUT2D eigenvalue weighted by Crippen LogP contribution is 2.36. The molecule has 256 valence electrons. The van der Waals surface area contributed by atoms with Crippen LogP contribution in [0, 0.1) is 30.4 Å². The first-order valence-electron chi connectivity index (χ1n) is 17.3. The van der Waals surface area contributed by atoms with Crippen molar-refractivity contribution >= 4 is 23.6 Å². The number of rotatable bonds is 22. The third-order valence-electron chi connectivity index (χ3n) is 8.34. The molecule has 0 spiro atoms. The molecule has 1 aliphatic rings. The zero-order valence-electron chi connectivity index (χ0n) is 29.2. The number of ether oxygens (including phenoxy) is 2. The van der Waals surface area contributed by atoms with E-state index >= 15 is 0 Å². The van der Waals surface area contributed by atoms with Crippen molar-refractivity contribution in [3.8, 4) is 11.8 Å². The summed E-state index contributed by atoms with van der Waals surface area (Å²) >= 11 is 0. The summed E-state index contributed by atoms with van der Waals surface area (Å²) in [5, 5.41) is 9.70. The first kappa shape index (κ1) is 39.4. The number of carbonyl (C=O) groups is 2. The van der Waals surface area contributed by atoms with E-state index in [9.17, 15) is 14.9 Å². The molecule has 48 heavy (non-hydrogen) atoms. The Morgan fingerprint density at radius 3 is 2.35 bits per heavy atom. The van der Waals surface area contributed by atoms with Crippen LogP contribution in [-0.4, -0.2) is 49.6 Å². The monoisotopic (exact) mass is 653 g/mol. The third kappa shape index (κ3) is 11.5. The number of hydrogen-bond donors (Lipinski definition) is 0. The summed E-state index contributed by atoms with van der Waals surface area (Å²) < 4.78 is 11.5. The predicted octanol–water partition coefficient (Wildman–Crippen LogP) is 8.88. The molecule has 9 heteroatoms. The zero-order valence-corrected chi connectivity index (χ0v) is 29.2. The fraction of sp³-hybridized carbons (Fsp3) is 0.513. The van der Waals surface area contributed by atoms with Gasteiger partial charge in [-0.3, -0.25) is 4.79 Å². The van der Waals surface area contributed by atoms with E-state index in [1.54, 1.807) is 12.2 Å². The van der Waals surface area contributed by atoms with Gasteiger partial charge in [0.1, 0.15) is 5.75 Å². The highest BCUT2D eigenvalue weighted by Gasteiger charge is 2.36. The van der Waals surface area contributed by atoms with Crippen LogP contribution >= 0.6 is 0 Å². The number of benzene rings is 1. The van der Waals surface area contributed by atoms with Crippen LogP contribution in [0.1, 0.15) is 97.5 Å². The average molecular weight is 654 g/mol. The minimum absolute atomic E-state index is 0.0197. The Bertz CT molecular complexity index is 1450. The second-order valence-electron chi connectivity index (χ2n) is 11.8. The number of unbranched alkanes of at least 4 members (excludes halogenated alkanes) is 4. The van der Waals surface area contributed by atoms with Crippen molar-refractivity contribution in [1.82, 2.24) is 4.90 Å². The maximum absolute atomic E-state index is 13.7. The minimum Gasteiger partial charge on any atom is -0.493 e. The molecule has 0 N–H and O–H groups in total. The summed E-state index contributed by atoms with van der Waals surface area (Å²) in [6, 6.07) is 8.01. The van der Waals surface area contributed by atoms with Crippen LogP contribution in [0.25, 0.3) is 15.8 Å². The van der Waals surface area contributed by atoms with Crippen molar-refractivity contribution in [2.45, 2.75) is 91.9 Å². The third-order valence-corrected chi connectivity index (χ3v) is 8.34. The lowest BCUT2D eigenvalue weighted by atomic mass is 10.0. The maximum atomic E-state index is 13.7. The summed E-state index contributed by atoms with van der Waals surface area (Å²) in [5.41, 5.74) is 1.66. The smallest absolute Gasteiger partial charge is 0.330 e. The molecule has 1 amide bonds. The molecule has 0 bridgehead atoms. The van der Waals surface area contributed by atoms with Gasteiger partial charge in [0.05, 0.1) is 38.1 Å². The Morgan fingerprint density at radius 1 is 1.06 bits per heavy atom. The average Bonchev–Trinajstić information content (AvgIpc) is 3.37. The Hall–Kier alpha value is -4.81. The van der Waals surface area contributed by atoms with Crippen LogP contribution < -0.4 is 9.64 Å². The van der Waals surface area contributed by atoms with Crippen LogP contribution in [0.4, 0.5) is 5.69 Å². The van der Waals surface area contributed by atoms with Crippen molar-refractivity contribution in [2.75, 3.05) is 37.7 Å². The van der Waals surface area contributed by atoms with E-state index in [0.717, 1.165) is 81.8 Å². The highest BCUT2D eigenvalue weighted by atomic mass is 16.5. The molecule has 0 aliphatic carbocycles. The highest BCUT2D eigenvalue weighted by molar-refractivity contribution is 6.04. The number of hydrogen-bond acceptors (Lipinski definition) is 6. The summed E-state index contributed by atoms with van der Waals surface area (Å²) in [7, 11) is 0. The molecule has 1 unspecified atom stereocenters.